The minimum absolute atomic E-state index is 0.264. The molecule has 1 amide bonds. The molecule has 0 saturated carbocycles. The quantitative estimate of drug-likeness (QED) is 0.332. The van der Waals surface area contributed by atoms with Crippen LogP contribution >= 0.6 is 46.6 Å². The van der Waals surface area contributed by atoms with Crippen LogP contribution in [0.2, 0.25) is 15.1 Å². The number of carbonyl (C=O) groups is 2. The van der Waals surface area contributed by atoms with E-state index in [9.17, 15) is 9.59 Å². The van der Waals surface area contributed by atoms with Crippen LogP contribution < -0.4 is 4.90 Å². The smallest absolute Gasteiger partial charge is 0.253 e. The maximum absolute atomic E-state index is 13.3. The van der Waals surface area contributed by atoms with E-state index in [1.54, 1.807) is 35.2 Å². The highest BCUT2D eigenvalue weighted by Gasteiger charge is 2.41. The number of halogens is 3. The maximum atomic E-state index is 13.3. The zero-order valence-electron chi connectivity index (χ0n) is 14.2. The third kappa shape index (κ3) is 3.42. The van der Waals surface area contributed by atoms with Gasteiger partial charge in [-0.25, -0.2) is 0 Å². The van der Waals surface area contributed by atoms with Crippen molar-refractivity contribution in [2.45, 2.75) is 10.1 Å². The number of anilines is 2. The van der Waals surface area contributed by atoms with E-state index in [-0.39, 0.29) is 11.7 Å². The SMILES string of the molecule is O=C1c2ccccc2N(c2ccccc2)C(=O)C1Sc1cc(Cl)c(Cl)cc1Cl. The average molecular weight is 449 g/mol. The molecule has 0 aromatic heterocycles. The van der Waals surface area contributed by atoms with E-state index < -0.39 is 5.25 Å². The van der Waals surface area contributed by atoms with Gasteiger partial charge in [0.2, 0.25) is 0 Å². The van der Waals surface area contributed by atoms with Crippen molar-refractivity contribution in [3.05, 3.63) is 87.4 Å². The van der Waals surface area contributed by atoms with Crippen LogP contribution in [0, 0.1) is 0 Å². The standard InChI is InChI=1S/C21H12Cl3NO2S/c22-14-10-16(24)18(11-15(14)23)28-20-19(26)13-8-4-5-9-17(13)25(21(20)27)12-6-2-1-3-7-12/h1-11,20H. The van der Waals surface area contributed by atoms with Gasteiger partial charge in [0, 0.05) is 16.1 Å². The van der Waals surface area contributed by atoms with Crippen molar-refractivity contribution < 1.29 is 9.59 Å². The Morgan fingerprint density at radius 3 is 2.18 bits per heavy atom. The molecule has 140 valence electrons. The van der Waals surface area contributed by atoms with E-state index in [0.29, 0.717) is 36.9 Å². The Bertz CT molecular complexity index is 1090. The maximum Gasteiger partial charge on any atom is 0.253 e. The fourth-order valence-corrected chi connectivity index (χ4v) is 4.83. The van der Waals surface area contributed by atoms with Gasteiger partial charge in [-0.2, -0.15) is 0 Å². The van der Waals surface area contributed by atoms with E-state index in [1.165, 1.54) is 6.07 Å². The second-order valence-corrected chi connectivity index (χ2v) is 8.45. The van der Waals surface area contributed by atoms with Crippen LogP contribution in [0.25, 0.3) is 0 Å². The predicted molar refractivity (Wildman–Crippen MR) is 115 cm³/mol. The Morgan fingerprint density at radius 1 is 0.786 bits per heavy atom. The number of para-hydroxylation sites is 2. The number of amides is 1. The normalized spacial score (nSPS) is 16.2. The van der Waals surface area contributed by atoms with Crippen molar-refractivity contribution in [2.75, 3.05) is 4.90 Å². The number of nitrogens with zero attached hydrogens (tertiary/aromatic N) is 1. The second kappa shape index (κ2) is 7.80. The summed E-state index contributed by atoms with van der Waals surface area (Å²) in [6.07, 6.45) is 0. The lowest BCUT2D eigenvalue weighted by Crippen LogP contribution is -2.44. The van der Waals surface area contributed by atoms with Gasteiger partial charge in [0.1, 0.15) is 0 Å². The first kappa shape index (κ1) is 19.3. The molecule has 1 aliphatic heterocycles. The Morgan fingerprint density at radius 2 is 1.43 bits per heavy atom. The molecule has 0 aliphatic carbocycles. The van der Waals surface area contributed by atoms with Crippen LogP contribution in [0.15, 0.2) is 71.6 Å². The topological polar surface area (TPSA) is 37.4 Å². The van der Waals surface area contributed by atoms with Crippen molar-refractivity contribution >= 4 is 69.6 Å². The summed E-state index contributed by atoms with van der Waals surface area (Å²) in [6.45, 7) is 0. The number of hydrogen-bond donors (Lipinski definition) is 0. The molecule has 0 N–H and O–H groups in total. The number of thioether (sulfide) groups is 1. The molecule has 4 rings (SSSR count). The van der Waals surface area contributed by atoms with Gasteiger partial charge in [0.05, 0.1) is 20.8 Å². The first-order chi connectivity index (χ1) is 13.5. The molecule has 0 bridgehead atoms. The third-order valence-electron chi connectivity index (χ3n) is 4.33. The lowest BCUT2D eigenvalue weighted by molar-refractivity contribution is -0.116. The highest BCUT2D eigenvalue weighted by Crippen LogP contribution is 2.42. The molecule has 0 radical (unpaired) electrons. The van der Waals surface area contributed by atoms with E-state index in [4.69, 9.17) is 34.8 Å². The molecular formula is C21H12Cl3NO2S. The molecule has 3 aromatic carbocycles. The number of hydrogen-bond acceptors (Lipinski definition) is 3. The second-order valence-electron chi connectivity index (χ2n) is 6.09. The lowest BCUT2D eigenvalue weighted by atomic mass is 9.98. The lowest BCUT2D eigenvalue weighted by Gasteiger charge is -2.33. The van der Waals surface area contributed by atoms with E-state index in [2.05, 4.69) is 0 Å². The van der Waals surface area contributed by atoms with Crippen molar-refractivity contribution in [2.24, 2.45) is 0 Å². The van der Waals surface area contributed by atoms with Crippen LogP contribution in [0.5, 0.6) is 0 Å². The molecule has 28 heavy (non-hydrogen) atoms. The van der Waals surface area contributed by atoms with E-state index >= 15 is 0 Å². The molecular weight excluding hydrogens is 437 g/mol. The number of Topliss-reactive ketones (excluding diaryl/α,β-unsaturated/α-hetero) is 1. The van der Waals surface area contributed by atoms with Crippen LogP contribution in [0.3, 0.4) is 0 Å². The molecule has 3 nitrogen and oxygen atoms in total. The van der Waals surface area contributed by atoms with Crippen molar-refractivity contribution in [3.63, 3.8) is 0 Å². The molecule has 0 saturated heterocycles. The van der Waals surface area contributed by atoms with Crippen molar-refractivity contribution in [3.8, 4) is 0 Å². The fourth-order valence-electron chi connectivity index (χ4n) is 3.04. The average Bonchev–Trinajstić information content (AvgIpc) is 2.70. The minimum atomic E-state index is -0.982. The predicted octanol–water partition coefficient (Wildman–Crippen LogP) is 6.67. The summed E-state index contributed by atoms with van der Waals surface area (Å²) in [5, 5.41) is -0.0203. The van der Waals surface area contributed by atoms with Gasteiger partial charge >= 0.3 is 0 Å². The van der Waals surface area contributed by atoms with Crippen molar-refractivity contribution in [1.82, 2.24) is 0 Å². The molecule has 0 spiro atoms. The van der Waals surface area contributed by atoms with Gasteiger partial charge in [-0.1, -0.05) is 65.1 Å². The zero-order chi connectivity index (χ0) is 19.8. The highest BCUT2D eigenvalue weighted by atomic mass is 35.5. The van der Waals surface area contributed by atoms with Gasteiger partial charge in [-0.15, -0.1) is 11.8 Å². The molecule has 1 atom stereocenters. The Labute approximate surface area is 181 Å². The molecule has 1 aliphatic rings. The van der Waals surface area contributed by atoms with Crippen LogP contribution in [-0.2, 0) is 4.79 Å². The third-order valence-corrected chi connectivity index (χ3v) is 6.72. The van der Waals surface area contributed by atoms with E-state index in [1.807, 2.05) is 30.3 Å². The van der Waals surface area contributed by atoms with E-state index in [0.717, 1.165) is 11.8 Å². The number of rotatable bonds is 3. The number of carbonyl (C=O) groups excluding carboxylic acids is 2. The largest absolute Gasteiger partial charge is 0.292 e. The summed E-state index contributed by atoms with van der Waals surface area (Å²) in [5.74, 6) is -0.595. The monoisotopic (exact) mass is 447 g/mol. The highest BCUT2D eigenvalue weighted by molar-refractivity contribution is 8.01. The van der Waals surface area contributed by atoms with Gasteiger partial charge in [-0.3, -0.25) is 14.5 Å². The zero-order valence-corrected chi connectivity index (χ0v) is 17.3. The molecule has 1 heterocycles. The molecule has 0 fully saturated rings. The molecule has 7 heteroatoms. The Kier molecular flexibility index (Phi) is 5.39. The van der Waals surface area contributed by atoms with Gasteiger partial charge in [0.25, 0.3) is 5.91 Å². The van der Waals surface area contributed by atoms with Crippen molar-refractivity contribution in [1.29, 1.82) is 0 Å². The van der Waals surface area contributed by atoms with Gasteiger partial charge in [-0.05, 0) is 36.4 Å². The minimum Gasteiger partial charge on any atom is -0.292 e. The summed E-state index contributed by atoms with van der Waals surface area (Å²) >= 11 is 19.4. The fraction of sp³-hybridized carbons (Fsp3) is 0.0476. The van der Waals surface area contributed by atoms with Crippen LogP contribution in [0.1, 0.15) is 10.4 Å². The van der Waals surface area contributed by atoms with Gasteiger partial charge in [0.15, 0.2) is 11.0 Å². The Balaban J connectivity index is 1.80. The summed E-state index contributed by atoms with van der Waals surface area (Å²) in [4.78, 5) is 28.5. The summed E-state index contributed by atoms with van der Waals surface area (Å²) < 4.78 is 0. The van der Waals surface area contributed by atoms with Gasteiger partial charge < -0.3 is 0 Å². The molecule has 3 aromatic rings. The molecule has 1 unspecified atom stereocenters. The summed E-state index contributed by atoms with van der Waals surface area (Å²) in [7, 11) is 0. The van der Waals surface area contributed by atoms with Crippen LogP contribution in [0.4, 0.5) is 11.4 Å². The summed E-state index contributed by atoms with van der Waals surface area (Å²) in [5.41, 5.74) is 1.75. The number of fused-ring (bicyclic) bond motifs is 1. The first-order valence-electron chi connectivity index (χ1n) is 8.31. The van der Waals surface area contributed by atoms with Crippen LogP contribution in [-0.4, -0.2) is 16.9 Å². The first-order valence-corrected chi connectivity index (χ1v) is 10.3. The Hall–Kier alpha value is -1.98. The summed E-state index contributed by atoms with van der Waals surface area (Å²) in [6, 6.07) is 19.4. The number of benzene rings is 3. The number of ketones is 1.